The number of hydrogen-bond donors (Lipinski definition) is 4. The van der Waals surface area contributed by atoms with E-state index in [0.717, 1.165) is 11.1 Å². The SMILES string of the molecule is C=C(C)/C=C(C)/C(N)=C/c1c(N)c2cc(C(N)=O)cc(OC)c2n1C/C=C/Cn1c(NC(=O)c2oc(C)nc2CC)nc2cc(C=O)cc(OCCCN(C)C(=O)OC(C)(C)C)c21. The Morgan fingerprint density at radius 2 is 1.71 bits per heavy atom. The van der Waals surface area contributed by atoms with Crippen molar-refractivity contribution in [2.75, 3.05) is 38.4 Å². The highest BCUT2D eigenvalue weighted by molar-refractivity contribution is 6.06. The lowest BCUT2D eigenvalue weighted by molar-refractivity contribution is 0.0291. The zero-order valence-corrected chi connectivity index (χ0v) is 37.4. The number of oxazole rings is 1. The number of nitrogen functional groups attached to an aromatic ring is 1. The maximum absolute atomic E-state index is 13.7. The first-order valence-corrected chi connectivity index (χ1v) is 20.4. The number of methoxy groups -OCH3 is 1. The Kier molecular flexibility index (Phi) is 14.6. The van der Waals surface area contributed by atoms with Gasteiger partial charge in [0, 0.05) is 55.8 Å². The van der Waals surface area contributed by atoms with Crippen molar-refractivity contribution in [1.29, 1.82) is 0 Å². The number of aryl methyl sites for hydroxylation is 2. The van der Waals surface area contributed by atoms with Crippen molar-refractivity contribution >= 4 is 63.8 Å². The molecule has 17 heteroatoms. The fourth-order valence-electron chi connectivity index (χ4n) is 6.88. The Morgan fingerprint density at radius 1 is 1.02 bits per heavy atom. The van der Waals surface area contributed by atoms with Crippen LogP contribution in [0.5, 0.6) is 11.5 Å². The van der Waals surface area contributed by atoms with Crippen molar-refractivity contribution in [2.45, 2.75) is 80.0 Å². The maximum Gasteiger partial charge on any atom is 0.410 e. The molecule has 3 aromatic heterocycles. The number of nitrogens with one attached hydrogen (secondary N) is 1. The van der Waals surface area contributed by atoms with Crippen LogP contribution in [0.3, 0.4) is 0 Å². The zero-order chi connectivity index (χ0) is 46.3. The van der Waals surface area contributed by atoms with E-state index in [0.29, 0.717) is 93.3 Å². The van der Waals surface area contributed by atoms with Crippen LogP contribution >= 0.6 is 0 Å². The average molecular weight is 864 g/mol. The number of benzene rings is 2. The Balaban J connectivity index is 1.57. The largest absolute Gasteiger partial charge is 0.495 e. The van der Waals surface area contributed by atoms with Gasteiger partial charge in [0.25, 0.3) is 5.91 Å². The van der Waals surface area contributed by atoms with Gasteiger partial charge in [0.2, 0.25) is 17.6 Å². The molecular weight excluding hydrogens is 807 g/mol. The van der Waals surface area contributed by atoms with E-state index in [1.807, 2.05) is 43.6 Å². The third kappa shape index (κ3) is 11.0. The molecule has 0 fully saturated rings. The molecule has 334 valence electrons. The van der Waals surface area contributed by atoms with Gasteiger partial charge in [-0.1, -0.05) is 37.3 Å². The van der Waals surface area contributed by atoms with Gasteiger partial charge < -0.3 is 49.9 Å². The Morgan fingerprint density at radius 3 is 2.33 bits per heavy atom. The van der Waals surface area contributed by atoms with E-state index in [2.05, 4.69) is 16.9 Å². The summed E-state index contributed by atoms with van der Waals surface area (Å²) in [6.45, 7) is 17.5. The topological polar surface area (TPSA) is 238 Å². The van der Waals surface area contributed by atoms with Gasteiger partial charge in [-0.2, -0.15) is 0 Å². The fraction of sp³-hybridized carbons (Fsp3) is 0.348. The molecule has 0 unspecified atom stereocenters. The van der Waals surface area contributed by atoms with Gasteiger partial charge in [0.05, 0.1) is 41.8 Å². The number of allylic oxidation sites excluding steroid dienone is 5. The van der Waals surface area contributed by atoms with E-state index in [1.54, 1.807) is 69.7 Å². The van der Waals surface area contributed by atoms with Crippen molar-refractivity contribution in [3.8, 4) is 11.5 Å². The normalized spacial score (nSPS) is 12.3. The standard InChI is InChI=1S/C46H57N9O8/c1-11-33-41(62-28(5)50-33)43(58)52-44-51-34-20-29(25-56)21-37(61-18-14-15-53(9)45(59)63-46(6,7)8)40(34)55(44)17-13-12-16-54-35(24-32(47)27(4)19-26(2)3)38(48)31-22-30(42(49)57)23-36(60-10)39(31)54/h12-13,19-25H,2,11,14-18,47-48H2,1,3-10H3,(H2,49,57)(H,51,52,58)/b13-12+,27-19+,32-24-. The summed E-state index contributed by atoms with van der Waals surface area (Å²) in [5.74, 6) is 0.0617. The highest BCUT2D eigenvalue weighted by Crippen LogP contribution is 2.38. The summed E-state index contributed by atoms with van der Waals surface area (Å²) in [6, 6.07) is 6.39. The summed E-state index contributed by atoms with van der Waals surface area (Å²) in [5, 5.41) is 3.43. The highest BCUT2D eigenvalue weighted by Gasteiger charge is 2.24. The third-order valence-electron chi connectivity index (χ3n) is 9.80. The number of nitrogens with zero attached hydrogens (tertiary/aromatic N) is 5. The number of amides is 3. The van der Waals surface area contributed by atoms with Crippen LogP contribution in [-0.4, -0.2) is 81.1 Å². The maximum atomic E-state index is 13.7. The van der Waals surface area contributed by atoms with Crippen molar-refractivity contribution < 1.29 is 37.8 Å². The number of aldehydes is 1. The third-order valence-corrected chi connectivity index (χ3v) is 9.80. The van der Waals surface area contributed by atoms with Crippen molar-refractivity contribution in [3.05, 3.63) is 100 Å². The molecule has 0 bridgehead atoms. The monoisotopic (exact) mass is 863 g/mol. The van der Waals surface area contributed by atoms with Crippen LogP contribution in [-0.2, 0) is 24.2 Å². The van der Waals surface area contributed by atoms with Crippen molar-refractivity contribution in [3.63, 3.8) is 0 Å². The molecule has 0 atom stereocenters. The first-order chi connectivity index (χ1) is 29.8. The molecular formula is C46H57N9O8. The number of aromatic nitrogens is 4. The molecule has 5 aromatic rings. The Hall–Kier alpha value is -7.30. The molecule has 5 rings (SSSR count). The van der Waals surface area contributed by atoms with Crippen LogP contribution in [0.2, 0.25) is 0 Å². The Bertz CT molecular complexity index is 2670. The summed E-state index contributed by atoms with van der Waals surface area (Å²) >= 11 is 0. The predicted octanol–water partition coefficient (Wildman–Crippen LogP) is 7.32. The molecule has 0 saturated heterocycles. The van der Waals surface area contributed by atoms with Gasteiger partial charge in [0.1, 0.15) is 28.9 Å². The number of nitrogens with two attached hydrogens (primary N) is 3. The molecule has 3 amide bonds. The van der Waals surface area contributed by atoms with E-state index in [9.17, 15) is 19.2 Å². The molecule has 3 heterocycles. The number of carbonyl (C=O) groups is 4. The van der Waals surface area contributed by atoms with Gasteiger partial charge in [-0.05, 0) is 83.4 Å². The predicted molar refractivity (Wildman–Crippen MR) is 244 cm³/mol. The number of carbonyl (C=O) groups excluding carboxylic acids is 4. The summed E-state index contributed by atoms with van der Waals surface area (Å²) in [6.07, 6.45) is 8.50. The van der Waals surface area contributed by atoms with Gasteiger partial charge >= 0.3 is 6.09 Å². The number of rotatable bonds is 18. The lowest BCUT2D eigenvalue weighted by Crippen LogP contribution is -2.35. The molecule has 7 N–H and O–H groups in total. The van der Waals surface area contributed by atoms with Crippen LogP contribution < -0.4 is 32.0 Å². The number of anilines is 2. The first kappa shape index (κ1) is 46.8. The number of fused-ring (bicyclic) bond motifs is 2. The van der Waals surface area contributed by atoms with Crippen LogP contribution in [0, 0.1) is 6.92 Å². The molecule has 0 saturated carbocycles. The zero-order valence-electron chi connectivity index (χ0n) is 37.4. The lowest BCUT2D eigenvalue weighted by Gasteiger charge is -2.24. The van der Waals surface area contributed by atoms with Crippen molar-refractivity contribution in [1.82, 2.24) is 24.0 Å². The van der Waals surface area contributed by atoms with E-state index >= 15 is 0 Å². The average Bonchev–Trinajstić information content (AvgIpc) is 3.86. The summed E-state index contributed by atoms with van der Waals surface area (Å²) in [4.78, 5) is 61.3. The number of primary amides is 1. The molecule has 17 nitrogen and oxygen atoms in total. The molecule has 0 aliphatic rings. The molecule has 0 radical (unpaired) electrons. The Labute approximate surface area is 366 Å². The summed E-state index contributed by atoms with van der Waals surface area (Å²) in [5.41, 5.74) is 23.9. The number of imidazole rings is 1. The minimum Gasteiger partial charge on any atom is -0.495 e. The molecule has 0 aliphatic carbocycles. The quantitative estimate of drug-likeness (QED) is 0.0293. The number of hydrogen-bond acceptors (Lipinski definition) is 12. The fourth-order valence-corrected chi connectivity index (χ4v) is 6.88. The lowest BCUT2D eigenvalue weighted by atomic mass is 10.1. The highest BCUT2D eigenvalue weighted by atomic mass is 16.6. The first-order valence-electron chi connectivity index (χ1n) is 20.4. The minimum absolute atomic E-state index is 0.0574. The second-order valence-electron chi connectivity index (χ2n) is 16.1. The van der Waals surface area contributed by atoms with E-state index in [1.165, 1.54) is 12.0 Å². The van der Waals surface area contributed by atoms with E-state index < -0.39 is 23.5 Å². The second-order valence-corrected chi connectivity index (χ2v) is 16.1. The van der Waals surface area contributed by atoms with Crippen molar-refractivity contribution in [2.24, 2.45) is 11.5 Å². The minimum atomic E-state index is -0.645. The van der Waals surface area contributed by atoms with E-state index in [4.69, 9.17) is 40.8 Å². The van der Waals surface area contributed by atoms with Gasteiger partial charge in [0.15, 0.2) is 5.89 Å². The van der Waals surface area contributed by atoms with Crippen LogP contribution in [0.1, 0.15) is 96.5 Å². The molecule has 63 heavy (non-hydrogen) atoms. The van der Waals surface area contributed by atoms with Crippen LogP contribution in [0.4, 0.5) is 16.4 Å². The van der Waals surface area contributed by atoms with E-state index in [-0.39, 0.29) is 37.0 Å². The van der Waals surface area contributed by atoms with Crippen LogP contribution in [0.25, 0.3) is 28.0 Å². The van der Waals surface area contributed by atoms with Gasteiger partial charge in [-0.15, -0.1) is 0 Å². The van der Waals surface area contributed by atoms with Gasteiger partial charge in [-0.25, -0.2) is 14.8 Å². The number of ether oxygens (including phenoxy) is 3. The molecule has 2 aromatic carbocycles. The molecule has 0 aliphatic heterocycles. The second kappa shape index (κ2) is 19.6. The molecule has 0 spiro atoms. The van der Waals surface area contributed by atoms with Gasteiger partial charge in [-0.3, -0.25) is 19.7 Å². The summed E-state index contributed by atoms with van der Waals surface area (Å²) < 4.78 is 26.9. The smallest absolute Gasteiger partial charge is 0.410 e. The van der Waals surface area contributed by atoms with Crippen LogP contribution in [0.15, 0.2) is 70.3 Å². The summed E-state index contributed by atoms with van der Waals surface area (Å²) in [7, 11) is 3.13.